The summed E-state index contributed by atoms with van der Waals surface area (Å²) >= 11 is 2.42. The van der Waals surface area contributed by atoms with Crippen LogP contribution in [0, 0.1) is 10.5 Å². The van der Waals surface area contributed by atoms with Crippen LogP contribution >= 0.6 is 22.6 Å². The first-order valence-corrected chi connectivity index (χ1v) is 29.4. The second-order valence-electron chi connectivity index (χ2n) is 23.5. The molecular formula is C79H59I. The molecule has 382 valence electrons. The normalized spacial score (nSPS) is 16.9. The van der Waals surface area contributed by atoms with Crippen LogP contribution in [0.15, 0.2) is 261 Å². The van der Waals surface area contributed by atoms with Crippen LogP contribution in [-0.4, -0.2) is 0 Å². The number of fused-ring (bicyclic) bond motifs is 11. The quantitative estimate of drug-likeness (QED) is 0.126. The summed E-state index contributed by atoms with van der Waals surface area (Å²) in [5.41, 5.74) is 30.8. The van der Waals surface area contributed by atoms with Gasteiger partial charge in [0.25, 0.3) is 0 Å². The maximum absolute atomic E-state index is 2.55. The van der Waals surface area contributed by atoms with Crippen LogP contribution in [0.2, 0.25) is 0 Å². The predicted octanol–water partition coefficient (Wildman–Crippen LogP) is 20.5. The van der Waals surface area contributed by atoms with E-state index in [-0.39, 0.29) is 10.8 Å². The second-order valence-corrected chi connectivity index (χ2v) is 24.8. The van der Waals surface area contributed by atoms with Crippen molar-refractivity contribution in [2.75, 3.05) is 0 Å². The lowest BCUT2D eigenvalue weighted by atomic mass is 9.67. The van der Waals surface area contributed by atoms with Gasteiger partial charge in [-0.25, -0.2) is 0 Å². The van der Waals surface area contributed by atoms with E-state index < -0.39 is 5.41 Å². The Labute approximate surface area is 484 Å². The third-order valence-electron chi connectivity index (χ3n) is 18.6. The molecule has 0 bridgehead atoms. The SMILES string of the molecule is Cc1ccc(-c2ccc3c(c2)C(c2ccccc2)(c2ccc(Cc4ccc(-c5cccc6c5-c5ccccc5C6(C)C)cc4)cc2)c2cccc(CC4(C)c5ccccc5-c5c4cc(-c4ccc(I)cc4)c4ccccc54)c2-3)cc1. The zero-order valence-electron chi connectivity index (χ0n) is 45.6. The minimum atomic E-state index is -0.591. The fourth-order valence-electron chi connectivity index (χ4n) is 14.8. The van der Waals surface area contributed by atoms with E-state index in [0.717, 1.165) is 12.8 Å². The van der Waals surface area contributed by atoms with Gasteiger partial charge in [-0.1, -0.05) is 263 Å². The highest BCUT2D eigenvalue weighted by Crippen LogP contribution is 2.61. The lowest BCUT2D eigenvalue weighted by molar-refractivity contribution is 0.584. The lowest BCUT2D eigenvalue weighted by Crippen LogP contribution is -2.29. The first kappa shape index (κ1) is 48.7. The summed E-state index contributed by atoms with van der Waals surface area (Å²) in [7, 11) is 0. The van der Waals surface area contributed by atoms with Crippen molar-refractivity contribution in [3.05, 3.63) is 331 Å². The van der Waals surface area contributed by atoms with Crippen LogP contribution in [0.1, 0.15) is 87.5 Å². The maximum atomic E-state index is 2.55. The summed E-state index contributed by atoms with van der Waals surface area (Å²) in [5.74, 6) is 0. The van der Waals surface area contributed by atoms with Crippen molar-refractivity contribution in [2.24, 2.45) is 0 Å². The second kappa shape index (κ2) is 18.6. The molecule has 0 heterocycles. The van der Waals surface area contributed by atoms with Gasteiger partial charge in [-0.05, 0) is 205 Å². The van der Waals surface area contributed by atoms with Gasteiger partial charge in [0.15, 0.2) is 0 Å². The van der Waals surface area contributed by atoms with Crippen LogP contribution in [-0.2, 0) is 29.1 Å². The van der Waals surface area contributed by atoms with Crippen LogP contribution in [0.25, 0.3) is 77.5 Å². The molecule has 0 N–H and O–H groups in total. The Bertz CT molecular complexity index is 4430. The topological polar surface area (TPSA) is 0 Å². The molecule has 1 heteroatoms. The summed E-state index contributed by atoms with van der Waals surface area (Å²) in [4.78, 5) is 0. The van der Waals surface area contributed by atoms with Crippen LogP contribution in [0.3, 0.4) is 0 Å². The Morgan fingerprint density at radius 3 is 1.62 bits per heavy atom. The van der Waals surface area contributed by atoms with Crippen molar-refractivity contribution >= 4 is 33.4 Å². The van der Waals surface area contributed by atoms with Gasteiger partial charge >= 0.3 is 0 Å². The van der Waals surface area contributed by atoms with Gasteiger partial charge in [0, 0.05) is 14.4 Å². The van der Waals surface area contributed by atoms with E-state index in [4.69, 9.17) is 0 Å². The molecule has 0 amide bonds. The molecule has 3 aliphatic carbocycles. The van der Waals surface area contributed by atoms with E-state index in [2.05, 4.69) is 311 Å². The monoisotopic (exact) mass is 1130 g/mol. The van der Waals surface area contributed by atoms with Gasteiger partial charge in [0.05, 0.1) is 5.41 Å². The molecule has 0 spiro atoms. The van der Waals surface area contributed by atoms with E-state index in [9.17, 15) is 0 Å². The van der Waals surface area contributed by atoms with Gasteiger partial charge < -0.3 is 0 Å². The van der Waals surface area contributed by atoms with E-state index >= 15 is 0 Å². The third-order valence-corrected chi connectivity index (χ3v) is 19.4. The van der Waals surface area contributed by atoms with E-state index in [1.54, 1.807) is 0 Å². The smallest absolute Gasteiger partial charge is 0.0622 e. The molecule has 80 heavy (non-hydrogen) atoms. The van der Waals surface area contributed by atoms with Crippen LogP contribution in [0.4, 0.5) is 0 Å². The summed E-state index contributed by atoms with van der Waals surface area (Å²) < 4.78 is 1.24. The molecule has 12 aromatic rings. The number of aryl methyl sites for hydroxylation is 1. The molecule has 0 saturated carbocycles. The molecule has 0 fully saturated rings. The van der Waals surface area contributed by atoms with Gasteiger partial charge in [-0.2, -0.15) is 0 Å². The number of benzene rings is 12. The highest BCUT2D eigenvalue weighted by Gasteiger charge is 2.49. The van der Waals surface area contributed by atoms with Crippen molar-refractivity contribution in [1.29, 1.82) is 0 Å². The van der Waals surface area contributed by atoms with Crippen molar-refractivity contribution < 1.29 is 0 Å². The average molecular weight is 1140 g/mol. The van der Waals surface area contributed by atoms with Gasteiger partial charge in [0.2, 0.25) is 0 Å². The van der Waals surface area contributed by atoms with Gasteiger partial charge in [0.1, 0.15) is 0 Å². The molecule has 12 aromatic carbocycles. The number of halogens is 1. The number of rotatable bonds is 9. The molecule has 0 nitrogen and oxygen atoms in total. The summed E-state index contributed by atoms with van der Waals surface area (Å²) in [6.07, 6.45) is 1.68. The minimum absolute atomic E-state index is 0.0295. The molecule has 0 radical (unpaired) electrons. The molecule has 0 aliphatic heterocycles. The first-order valence-electron chi connectivity index (χ1n) is 28.3. The molecular weight excluding hydrogens is 1080 g/mol. The highest BCUT2D eigenvalue weighted by atomic mass is 127. The Kier molecular flexibility index (Phi) is 11.3. The summed E-state index contributed by atoms with van der Waals surface area (Å²) in [6.45, 7) is 9.41. The molecule has 2 unspecified atom stereocenters. The molecule has 3 aliphatic rings. The van der Waals surface area contributed by atoms with Gasteiger partial charge in [-0.3, -0.25) is 0 Å². The van der Waals surface area contributed by atoms with E-state index in [1.807, 2.05) is 0 Å². The predicted molar refractivity (Wildman–Crippen MR) is 344 cm³/mol. The maximum Gasteiger partial charge on any atom is 0.0713 e. The van der Waals surface area contributed by atoms with E-state index in [0.29, 0.717) is 0 Å². The highest BCUT2D eigenvalue weighted by molar-refractivity contribution is 14.1. The summed E-state index contributed by atoms with van der Waals surface area (Å²) in [5, 5.41) is 2.61. The molecule has 0 aromatic heterocycles. The van der Waals surface area contributed by atoms with Gasteiger partial charge in [-0.15, -0.1) is 0 Å². The molecule has 15 rings (SSSR count). The molecule has 2 atom stereocenters. The summed E-state index contributed by atoms with van der Waals surface area (Å²) in [6, 6.07) is 99.7. The number of hydrogen-bond acceptors (Lipinski definition) is 0. The first-order chi connectivity index (χ1) is 39.1. The zero-order valence-corrected chi connectivity index (χ0v) is 47.8. The van der Waals surface area contributed by atoms with Crippen LogP contribution < -0.4 is 0 Å². The average Bonchev–Trinajstić information content (AvgIpc) is 4.04. The standard InChI is InChI=1S/C79H59I/c1-50-28-34-53(35-29-50)56-40-45-66-72(47-56)79(58-17-6-5-7-18-58,59-41-32-52(33-42-59)46-51-30-36-54(37-31-51)61-23-15-26-70-75(61)64-21-10-12-24-68(64)77(70,2)3)71-27-14-16-57(74(66)71)49-78(4)69-25-13-11-22-65(69)76-63-20-9-8-19-62(63)67(48-73(76)78)55-38-43-60(80)44-39-55/h5-45,47-48H,46,49H2,1-4H3. The Morgan fingerprint density at radius 2 is 0.875 bits per heavy atom. The van der Waals surface area contributed by atoms with Crippen molar-refractivity contribution in [3.8, 4) is 66.8 Å². The Morgan fingerprint density at radius 1 is 0.338 bits per heavy atom. The Hall–Kier alpha value is -8.37. The lowest BCUT2D eigenvalue weighted by Gasteiger charge is -2.34. The third kappa shape index (κ3) is 7.39. The number of hydrogen-bond donors (Lipinski definition) is 0. The fraction of sp³-hybridized carbons (Fsp3) is 0.114. The fourth-order valence-corrected chi connectivity index (χ4v) is 15.1. The minimum Gasteiger partial charge on any atom is -0.0622 e. The van der Waals surface area contributed by atoms with Crippen molar-refractivity contribution in [3.63, 3.8) is 0 Å². The van der Waals surface area contributed by atoms with Crippen molar-refractivity contribution in [2.45, 2.75) is 56.8 Å². The molecule has 0 saturated heterocycles. The van der Waals surface area contributed by atoms with Crippen molar-refractivity contribution in [1.82, 2.24) is 0 Å². The van der Waals surface area contributed by atoms with Crippen LogP contribution in [0.5, 0.6) is 0 Å². The largest absolute Gasteiger partial charge is 0.0713 e. The Balaban J connectivity index is 0.865. The van der Waals surface area contributed by atoms with E-state index in [1.165, 1.54) is 148 Å². The zero-order chi connectivity index (χ0) is 53.9.